The molecule has 17 heavy (non-hydrogen) atoms. The molecule has 1 heterocycles. The first-order chi connectivity index (χ1) is 8.38. The van der Waals surface area contributed by atoms with Crippen LogP contribution in [0.1, 0.15) is 12.0 Å². The Kier molecular flexibility index (Phi) is 3.96. The summed E-state index contributed by atoms with van der Waals surface area (Å²) in [6.07, 6.45) is 2.14. The SMILES string of the molecule is CNc1nnc(NCCCc2ccccc2)[nH]1. The predicted molar refractivity (Wildman–Crippen MR) is 69.2 cm³/mol. The number of H-pyrrole nitrogens is 1. The highest BCUT2D eigenvalue weighted by Crippen LogP contribution is 2.04. The quantitative estimate of drug-likeness (QED) is 0.664. The van der Waals surface area contributed by atoms with Gasteiger partial charge in [0.25, 0.3) is 0 Å². The number of aryl methyl sites for hydroxylation is 1. The molecule has 1 aromatic carbocycles. The first-order valence-corrected chi connectivity index (χ1v) is 5.77. The number of hydrogen-bond donors (Lipinski definition) is 3. The zero-order valence-corrected chi connectivity index (χ0v) is 9.90. The number of benzene rings is 1. The Morgan fingerprint density at radius 1 is 1.12 bits per heavy atom. The van der Waals surface area contributed by atoms with Gasteiger partial charge in [-0.15, -0.1) is 10.2 Å². The fourth-order valence-electron chi connectivity index (χ4n) is 1.60. The summed E-state index contributed by atoms with van der Waals surface area (Å²) < 4.78 is 0. The molecule has 0 bridgehead atoms. The van der Waals surface area contributed by atoms with E-state index in [1.807, 2.05) is 6.07 Å². The summed E-state index contributed by atoms with van der Waals surface area (Å²) in [6, 6.07) is 10.5. The third-order valence-electron chi connectivity index (χ3n) is 2.50. The molecule has 90 valence electrons. The molecule has 3 N–H and O–H groups in total. The van der Waals surface area contributed by atoms with Gasteiger partial charge < -0.3 is 10.6 Å². The number of nitrogens with zero attached hydrogens (tertiary/aromatic N) is 2. The molecule has 0 saturated heterocycles. The molecule has 0 unspecified atom stereocenters. The lowest BCUT2D eigenvalue weighted by Crippen LogP contribution is -2.04. The molecule has 5 heteroatoms. The minimum Gasteiger partial charge on any atom is -0.358 e. The van der Waals surface area contributed by atoms with Crippen LogP contribution in [0.5, 0.6) is 0 Å². The van der Waals surface area contributed by atoms with Gasteiger partial charge in [-0.2, -0.15) is 0 Å². The third kappa shape index (κ3) is 3.48. The highest BCUT2D eigenvalue weighted by atomic mass is 15.3. The van der Waals surface area contributed by atoms with E-state index in [-0.39, 0.29) is 0 Å². The van der Waals surface area contributed by atoms with Gasteiger partial charge in [0, 0.05) is 13.6 Å². The molecule has 0 saturated carbocycles. The summed E-state index contributed by atoms with van der Waals surface area (Å²) in [5.41, 5.74) is 1.36. The lowest BCUT2D eigenvalue weighted by Gasteiger charge is -2.02. The first kappa shape index (κ1) is 11.4. The van der Waals surface area contributed by atoms with E-state index < -0.39 is 0 Å². The van der Waals surface area contributed by atoms with Crippen molar-refractivity contribution in [1.29, 1.82) is 0 Å². The van der Waals surface area contributed by atoms with Gasteiger partial charge in [0.15, 0.2) is 0 Å². The van der Waals surface area contributed by atoms with Crippen LogP contribution >= 0.6 is 0 Å². The van der Waals surface area contributed by atoms with Crippen molar-refractivity contribution in [3.8, 4) is 0 Å². The Morgan fingerprint density at radius 2 is 1.88 bits per heavy atom. The van der Waals surface area contributed by atoms with Crippen molar-refractivity contribution in [2.24, 2.45) is 0 Å². The molecule has 0 amide bonds. The molecule has 1 aromatic heterocycles. The van der Waals surface area contributed by atoms with E-state index in [0.29, 0.717) is 11.9 Å². The van der Waals surface area contributed by atoms with Gasteiger partial charge in [0.05, 0.1) is 0 Å². The Labute approximate surface area is 101 Å². The second-order valence-electron chi connectivity index (χ2n) is 3.79. The van der Waals surface area contributed by atoms with Crippen LogP contribution in [-0.4, -0.2) is 28.8 Å². The van der Waals surface area contributed by atoms with Crippen LogP contribution in [0.25, 0.3) is 0 Å². The maximum absolute atomic E-state index is 3.95. The lowest BCUT2D eigenvalue weighted by molar-refractivity contribution is 0.854. The summed E-state index contributed by atoms with van der Waals surface area (Å²) >= 11 is 0. The maximum Gasteiger partial charge on any atom is 0.223 e. The van der Waals surface area contributed by atoms with Crippen LogP contribution in [0.3, 0.4) is 0 Å². The van der Waals surface area contributed by atoms with Crippen molar-refractivity contribution >= 4 is 11.9 Å². The van der Waals surface area contributed by atoms with E-state index >= 15 is 0 Å². The van der Waals surface area contributed by atoms with Gasteiger partial charge in [-0.3, -0.25) is 4.98 Å². The summed E-state index contributed by atoms with van der Waals surface area (Å²) in [7, 11) is 1.81. The second kappa shape index (κ2) is 5.89. The normalized spacial score (nSPS) is 10.2. The predicted octanol–water partition coefficient (Wildman–Crippen LogP) is 1.89. The standard InChI is InChI=1S/C12H17N5/c1-13-11-15-12(17-16-11)14-9-5-8-10-6-3-2-4-7-10/h2-4,6-7H,5,8-9H2,1H3,(H3,13,14,15,16,17). The van der Waals surface area contributed by atoms with E-state index in [0.717, 1.165) is 19.4 Å². The number of anilines is 2. The van der Waals surface area contributed by atoms with Crippen molar-refractivity contribution in [2.45, 2.75) is 12.8 Å². The molecular formula is C12H17N5. The average Bonchev–Trinajstić information content (AvgIpc) is 2.84. The maximum atomic E-state index is 3.95. The smallest absolute Gasteiger partial charge is 0.223 e. The number of aromatic nitrogens is 3. The largest absolute Gasteiger partial charge is 0.358 e. The molecule has 0 aliphatic rings. The van der Waals surface area contributed by atoms with Gasteiger partial charge in [-0.25, -0.2) is 0 Å². The summed E-state index contributed by atoms with van der Waals surface area (Å²) in [5, 5.41) is 13.9. The molecule has 0 aliphatic carbocycles. The number of aromatic amines is 1. The van der Waals surface area contributed by atoms with Crippen molar-refractivity contribution in [3.05, 3.63) is 35.9 Å². The minimum atomic E-state index is 0.676. The number of hydrogen-bond acceptors (Lipinski definition) is 4. The monoisotopic (exact) mass is 231 g/mol. The van der Waals surface area contributed by atoms with E-state index in [4.69, 9.17) is 0 Å². The zero-order valence-electron chi connectivity index (χ0n) is 9.90. The molecule has 0 aliphatic heterocycles. The summed E-state index contributed by atoms with van der Waals surface area (Å²) in [5.74, 6) is 1.39. The average molecular weight is 231 g/mol. The van der Waals surface area contributed by atoms with Gasteiger partial charge >= 0.3 is 0 Å². The molecule has 2 rings (SSSR count). The number of nitrogens with one attached hydrogen (secondary N) is 3. The molecule has 0 atom stereocenters. The van der Waals surface area contributed by atoms with Crippen molar-refractivity contribution in [3.63, 3.8) is 0 Å². The Hall–Kier alpha value is -2.04. The third-order valence-corrected chi connectivity index (χ3v) is 2.50. The van der Waals surface area contributed by atoms with Crippen molar-refractivity contribution < 1.29 is 0 Å². The Balaban J connectivity index is 1.69. The van der Waals surface area contributed by atoms with E-state index in [1.54, 1.807) is 7.05 Å². The van der Waals surface area contributed by atoms with Crippen LogP contribution in [0.15, 0.2) is 30.3 Å². The van der Waals surface area contributed by atoms with E-state index in [1.165, 1.54) is 5.56 Å². The van der Waals surface area contributed by atoms with Crippen molar-refractivity contribution in [2.75, 3.05) is 24.2 Å². The van der Waals surface area contributed by atoms with Crippen LogP contribution in [0.2, 0.25) is 0 Å². The fourth-order valence-corrected chi connectivity index (χ4v) is 1.60. The minimum absolute atomic E-state index is 0.676. The van der Waals surface area contributed by atoms with Crippen LogP contribution in [0, 0.1) is 0 Å². The van der Waals surface area contributed by atoms with E-state index in [2.05, 4.69) is 50.1 Å². The highest BCUT2D eigenvalue weighted by Gasteiger charge is 1.99. The molecule has 0 fully saturated rings. The lowest BCUT2D eigenvalue weighted by atomic mass is 10.1. The van der Waals surface area contributed by atoms with Gasteiger partial charge in [-0.05, 0) is 18.4 Å². The van der Waals surface area contributed by atoms with Crippen molar-refractivity contribution in [1.82, 2.24) is 15.2 Å². The number of rotatable bonds is 6. The second-order valence-corrected chi connectivity index (χ2v) is 3.79. The topological polar surface area (TPSA) is 65.6 Å². The Morgan fingerprint density at radius 3 is 2.59 bits per heavy atom. The van der Waals surface area contributed by atoms with Crippen LogP contribution in [-0.2, 0) is 6.42 Å². The summed E-state index contributed by atoms with van der Waals surface area (Å²) in [4.78, 5) is 3.02. The molecule has 0 radical (unpaired) electrons. The van der Waals surface area contributed by atoms with Gasteiger partial charge in [0.1, 0.15) is 0 Å². The first-order valence-electron chi connectivity index (χ1n) is 5.77. The molecule has 5 nitrogen and oxygen atoms in total. The Bertz CT molecular complexity index is 437. The highest BCUT2D eigenvalue weighted by molar-refractivity contribution is 5.32. The zero-order chi connectivity index (χ0) is 11.9. The van der Waals surface area contributed by atoms with Crippen LogP contribution in [0.4, 0.5) is 11.9 Å². The van der Waals surface area contributed by atoms with Gasteiger partial charge in [0.2, 0.25) is 11.9 Å². The fraction of sp³-hybridized carbons (Fsp3) is 0.333. The van der Waals surface area contributed by atoms with Crippen LogP contribution < -0.4 is 10.6 Å². The molecular weight excluding hydrogens is 214 g/mol. The van der Waals surface area contributed by atoms with E-state index in [9.17, 15) is 0 Å². The molecule has 2 aromatic rings. The summed E-state index contributed by atoms with van der Waals surface area (Å²) in [6.45, 7) is 0.882. The van der Waals surface area contributed by atoms with Gasteiger partial charge in [-0.1, -0.05) is 30.3 Å². The molecule has 0 spiro atoms.